The number of nitrogens with one attached hydrogen (secondary N) is 2. The molecule has 6 rings (SSSR count). The summed E-state index contributed by atoms with van der Waals surface area (Å²) in [6, 6.07) is 12.8. The standard InChI is InChI=1S/C24H18FN7/c1-13-7-14(9-16(25)8-13)17-5-6-26-24-18(17)10-21(29-24)23-22-20(30-31-23)4-3-19(28-22)15-11-27-32(2)12-15/h3-12H,1-2H3,(H,26,29)(H,30,31). The minimum Gasteiger partial charge on any atom is -0.338 e. The van der Waals surface area contributed by atoms with Crippen LogP contribution in [0, 0.1) is 12.7 Å². The number of fused-ring (bicyclic) bond motifs is 2. The Balaban J connectivity index is 1.51. The van der Waals surface area contributed by atoms with E-state index < -0.39 is 0 Å². The molecule has 0 aliphatic heterocycles. The maximum atomic E-state index is 14.0. The number of H-pyrrole nitrogens is 2. The van der Waals surface area contributed by atoms with Gasteiger partial charge in [0.2, 0.25) is 0 Å². The smallest absolute Gasteiger partial charge is 0.138 e. The van der Waals surface area contributed by atoms with Gasteiger partial charge >= 0.3 is 0 Å². The number of hydrogen-bond donors (Lipinski definition) is 2. The maximum Gasteiger partial charge on any atom is 0.138 e. The normalized spacial score (nSPS) is 11.6. The van der Waals surface area contributed by atoms with E-state index in [-0.39, 0.29) is 5.82 Å². The van der Waals surface area contributed by atoms with Crippen molar-refractivity contribution < 1.29 is 4.39 Å². The Bertz CT molecular complexity index is 1600. The van der Waals surface area contributed by atoms with Gasteiger partial charge in [-0.05, 0) is 60.0 Å². The molecule has 0 unspecified atom stereocenters. The van der Waals surface area contributed by atoms with Gasteiger partial charge in [-0.15, -0.1) is 0 Å². The van der Waals surface area contributed by atoms with E-state index in [4.69, 9.17) is 4.98 Å². The first-order valence-corrected chi connectivity index (χ1v) is 10.1. The van der Waals surface area contributed by atoms with E-state index in [0.717, 1.165) is 50.1 Å². The summed E-state index contributed by atoms with van der Waals surface area (Å²) in [5, 5.41) is 12.7. The second-order valence-electron chi connectivity index (χ2n) is 7.89. The van der Waals surface area contributed by atoms with E-state index in [0.29, 0.717) is 11.3 Å². The minimum absolute atomic E-state index is 0.258. The Labute approximate surface area is 182 Å². The molecule has 0 aliphatic carbocycles. The molecule has 0 spiro atoms. The van der Waals surface area contributed by atoms with Crippen LogP contribution in [0.3, 0.4) is 0 Å². The Kier molecular flexibility index (Phi) is 3.94. The fourth-order valence-electron chi connectivity index (χ4n) is 4.10. The Morgan fingerprint density at radius 2 is 1.94 bits per heavy atom. The number of benzene rings is 1. The monoisotopic (exact) mass is 423 g/mol. The van der Waals surface area contributed by atoms with Crippen molar-refractivity contribution in [1.29, 1.82) is 0 Å². The molecule has 0 aliphatic rings. The zero-order valence-corrected chi connectivity index (χ0v) is 17.4. The molecule has 5 heterocycles. The predicted octanol–water partition coefficient (Wildman–Crippen LogP) is 5.02. The molecule has 0 bridgehead atoms. The van der Waals surface area contributed by atoms with Crippen LogP contribution in [-0.2, 0) is 7.05 Å². The molecule has 6 aromatic rings. The molecule has 156 valence electrons. The van der Waals surface area contributed by atoms with Crippen LogP contribution in [-0.4, -0.2) is 34.9 Å². The fourth-order valence-corrected chi connectivity index (χ4v) is 4.10. The zero-order valence-electron chi connectivity index (χ0n) is 17.4. The topological polar surface area (TPSA) is 88.1 Å². The molecule has 0 saturated heterocycles. The van der Waals surface area contributed by atoms with E-state index in [9.17, 15) is 4.39 Å². The number of hydrogen-bond acceptors (Lipinski definition) is 4. The van der Waals surface area contributed by atoms with Crippen LogP contribution < -0.4 is 0 Å². The van der Waals surface area contributed by atoms with E-state index in [2.05, 4.69) is 25.3 Å². The summed E-state index contributed by atoms with van der Waals surface area (Å²) in [6.07, 6.45) is 5.43. The molecule has 0 radical (unpaired) electrons. The number of aryl methyl sites for hydroxylation is 2. The second-order valence-corrected chi connectivity index (χ2v) is 7.89. The molecular weight excluding hydrogens is 405 g/mol. The summed E-state index contributed by atoms with van der Waals surface area (Å²) in [5.74, 6) is -0.258. The molecule has 0 atom stereocenters. The maximum absolute atomic E-state index is 14.0. The zero-order chi connectivity index (χ0) is 21.8. The summed E-state index contributed by atoms with van der Waals surface area (Å²) in [5.41, 5.74) is 8.11. The molecular formula is C24H18FN7. The lowest BCUT2D eigenvalue weighted by Crippen LogP contribution is -1.86. The lowest BCUT2D eigenvalue weighted by molar-refractivity contribution is 0.627. The molecule has 5 aromatic heterocycles. The minimum atomic E-state index is -0.258. The van der Waals surface area contributed by atoms with E-state index in [1.165, 1.54) is 6.07 Å². The first kappa shape index (κ1) is 18.4. The van der Waals surface area contributed by atoms with Crippen molar-refractivity contribution in [3.05, 3.63) is 72.4 Å². The van der Waals surface area contributed by atoms with Crippen LogP contribution in [0.25, 0.3) is 55.8 Å². The van der Waals surface area contributed by atoms with Gasteiger partial charge in [-0.3, -0.25) is 9.78 Å². The average Bonchev–Trinajstić information content (AvgIpc) is 3.49. The van der Waals surface area contributed by atoms with Gasteiger partial charge in [0.25, 0.3) is 0 Å². The Morgan fingerprint density at radius 3 is 2.75 bits per heavy atom. The van der Waals surface area contributed by atoms with Gasteiger partial charge in [-0.25, -0.2) is 14.4 Å². The number of aromatic amines is 2. The summed E-state index contributed by atoms with van der Waals surface area (Å²) < 4.78 is 15.8. The number of rotatable bonds is 3. The van der Waals surface area contributed by atoms with Gasteiger partial charge in [0.05, 0.1) is 23.1 Å². The third kappa shape index (κ3) is 2.96. The largest absolute Gasteiger partial charge is 0.338 e. The first-order valence-electron chi connectivity index (χ1n) is 10.1. The van der Waals surface area contributed by atoms with Crippen molar-refractivity contribution in [2.24, 2.45) is 7.05 Å². The highest BCUT2D eigenvalue weighted by Gasteiger charge is 2.16. The van der Waals surface area contributed by atoms with E-state index in [1.807, 2.05) is 50.5 Å². The van der Waals surface area contributed by atoms with E-state index >= 15 is 0 Å². The Morgan fingerprint density at radius 1 is 1.03 bits per heavy atom. The lowest BCUT2D eigenvalue weighted by Gasteiger charge is -2.05. The van der Waals surface area contributed by atoms with Crippen molar-refractivity contribution in [3.8, 4) is 33.8 Å². The summed E-state index contributed by atoms with van der Waals surface area (Å²) >= 11 is 0. The van der Waals surface area contributed by atoms with Gasteiger partial charge in [0.1, 0.15) is 22.7 Å². The van der Waals surface area contributed by atoms with Crippen molar-refractivity contribution in [2.75, 3.05) is 0 Å². The molecule has 7 nitrogen and oxygen atoms in total. The van der Waals surface area contributed by atoms with Crippen LogP contribution in [0.4, 0.5) is 4.39 Å². The lowest BCUT2D eigenvalue weighted by atomic mass is 10.0. The molecule has 8 heteroatoms. The summed E-state index contributed by atoms with van der Waals surface area (Å²) in [6.45, 7) is 1.88. The van der Waals surface area contributed by atoms with Crippen molar-refractivity contribution in [1.82, 2.24) is 34.9 Å². The van der Waals surface area contributed by atoms with Crippen LogP contribution >= 0.6 is 0 Å². The molecule has 1 aromatic carbocycles. The summed E-state index contributed by atoms with van der Waals surface area (Å²) in [7, 11) is 1.88. The highest BCUT2D eigenvalue weighted by atomic mass is 19.1. The van der Waals surface area contributed by atoms with Crippen LogP contribution in [0.2, 0.25) is 0 Å². The van der Waals surface area contributed by atoms with Crippen molar-refractivity contribution in [2.45, 2.75) is 6.92 Å². The van der Waals surface area contributed by atoms with Gasteiger partial charge in [-0.2, -0.15) is 10.2 Å². The van der Waals surface area contributed by atoms with Gasteiger partial charge in [-0.1, -0.05) is 6.07 Å². The molecule has 0 fully saturated rings. The highest BCUT2D eigenvalue weighted by molar-refractivity contribution is 5.99. The predicted molar refractivity (Wildman–Crippen MR) is 121 cm³/mol. The van der Waals surface area contributed by atoms with Crippen molar-refractivity contribution >= 4 is 22.1 Å². The van der Waals surface area contributed by atoms with Crippen LogP contribution in [0.5, 0.6) is 0 Å². The fraction of sp³-hybridized carbons (Fsp3) is 0.0833. The third-order valence-electron chi connectivity index (χ3n) is 5.55. The highest BCUT2D eigenvalue weighted by Crippen LogP contribution is 2.33. The van der Waals surface area contributed by atoms with Gasteiger partial charge in [0, 0.05) is 30.4 Å². The molecule has 0 amide bonds. The molecule has 32 heavy (non-hydrogen) atoms. The number of aromatic nitrogens is 7. The van der Waals surface area contributed by atoms with Crippen LogP contribution in [0.1, 0.15) is 5.56 Å². The Hall–Kier alpha value is -4.33. The average molecular weight is 423 g/mol. The third-order valence-corrected chi connectivity index (χ3v) is 5.55. The van der Waals surface area contributed by atoms with Crippen molar-refractivity contribution in [3.63, 3.8) is 0 Å². The molecule has 0 saturated carbocycles. The number of halogens is 1. The van der Waals surface area contributed by atoms with E-state index in [1.54, 1.807) is 23.1 Å². The quantitative estimate of drug-likeness (QED) is 0.419. The number of nitrogens with zero attached hydrogens (tertiary/aromatic N) is 5. The van der Waals surface area contributed by atoms with Crippen LogP contribution in [0.15, 0.2) is 61.1 Å². The number of pyridine rings is 2. The van der Waals surface area contributed by atoms with Gasteiger partial charge < -0.3 is 4.98 Å². The second kappa shape index (κ2) is 6.84. The summed E-state index contributed by atoms with van der Waals surface area (Å²) in [4.78, 5) is 12.7. The first-order chi connectivity index (χ1) is 15.5. The van der Waals surface area contributed by atoms with Gasteiger partial charge in [0.15, 0.2) is 0 Å². The SMILES string of the molecule is Cc1cc(F)cc(-c2ccnc3[nH]c(-c4n[nH]c5ccc(-c6cnn(C)c6)nc45)cc23)c1. The molecule has 2 N–H and O–H groups in total.